The van der Waals surface area contributed by atoms with Crippen molar-refractivity contribution in [3.05, 3.63) is 41.5 Å². The molecule has 4 unspecified atom stereocenters. The minimum absolute atomic E-state index is 0.0373. The zero-order valence-electron chi connectivity index (χ0n) is 31.6. The molecule has 5 aliphatic carbocycles. The van der Waals surface area contributed by atoms with E-state index >= 15 is 0 Å². The van der Waals surface area contributed by atoms with Gasteiger partial charge in [0.2, 0.25) is 0 Å². The van der Waals surface area contributed by atoms with E-state index in [-0.39, 0.29) is 23.8 Å². The van der Waals surface area contributed by atoms with Gasteiger partial charge in [0, 0.05) is 12.8 Å². The number of carbonyl (C=O) groups is 1. The van der Waals surface area contributed by atoms with Crippen LogP contribution in [-0.4, -0.2) is 37.2 Å². The first-order chi connectivity index (χ1) is 23.6. The lowest BCUT2D eigenvalue weighted by molar-refractivity contribution is -0.0952. The Bertz CT molecular complexity index is 1320. The van der Waals surface area contributed by atoms with E-state index in [1.807, 2.05) is 24.3 Å². The number of carbonyl (C=O) groups excluding carboxylic acids is 1. The third-order valence-electron chi connectivity index (χ3n) is 14.9. The molecule has 0 aromatic heterocycles. The number of ether oxygens (including phenoxy) is 4. The summed E-state index contributed by atoms with van der Waals surface area (Å²) in [6.45, 7) is 15.4. The van der Waals surface area contributed by atoms with Crippen LogP contribution in [0.2, 0.25) is 0 Å². The normalized spacial score (nSPS) is 39.1. The van der Waals surface area contributed by atoms with Crippen molar-refractivity contribution < 1.29 is 23.7 Å². The highest BCUT2D eigenvalue weighted by molar-refractivity contribution is 5.89. The van der Waals surface area contributed by atoms with Crippen molar-refractivity contribution in [3.8, 4) is 5.75 Å². The van der Waals surface area contributed by atoms with Crippen molar-refractivity contribution in [2.75, 3.05) is 6.61 Å². The topological polar surface area (TPSA) is 57.3 Å². The van der Waals surface area contributed by atoms with Crippen molar-refractivity contribution in [3.63, 3.8) is 0 Å². The third kappa shape index (κ3) is 7.41. The standard InChI is InChI=1S/C44H66O5/c1-7-41(46-27-30-11-20-39-40(25-30)49-39)47-33-15-12-31(13-16-33)42(45)48-34-21-23-43(5)32(26-34)14-17-35-37-19-18-36(29(4)10-8-9-28(2)3)44(37,6)24-22-38(35)43/h12-16,28-30,34-41H,7-11,17-27H2,1-6H3/t29-,30?,34+,35+,36-,37+,38+,39?,40?,41?,43+,44-/m1/s1. The summed E-state index contributed by atoms with van der Waals surface area (Å²) >= 11 is 0. The van der Waals surface area contributed by atoms with E-state index in [1.54, 1.807) is 5.57 Å². The fourth-order valence-corrected chi connectivity index (χ4v) is 11.9. The summed E-state index contributed by atoms with van der Waals surface area (Å²) in [7, 11) is 0. The van der Waals surface area contributed by atoms with E-state index in [9.17, 15) is 4.79 Å². The van der Waals surface area contributed by atoms with Gasteiger partial charge in [0.15, 0.2) is 6.29 Å². The average molecular weight is 675 g/mol. The molecule has 0 spiro atoms. The summed E-state index contributed by atoms with van der Waals surface area (Å²) in [6, 6.07) is 7.44. The van der Waals surface area contributed by atoms with Gasteiger partial charge in [-0.1, -0.05) is 72.5 Å². The molecule has 5 heteroatoms. The number of epoxide rings is 1. The van der Waals surface area contributed by atoms with Gasteiger partial charge in [0.1, 0.15) is 11.9 Å². The molecular weight excluding hydrogens is 608 g/mol. The van der Waals surface area contributed by atoms with Gasteiger partial charge < -0.3 is 18.9 Å². The molecule has 49 heavy (non-hydrogen) atoms. The average Bonchev–Trinajstić information content (AvgIpc) is 3.78. The lowest BCUT2D eigenvalue weighted by Gasteiger charge is -2.58. The Hall–Kier alpha value is -1.85. The highest BCUT2D eigenvalue weighted by Gasteiger charge is 2.59. The van der Waals surface area contributed by atoms with Crippen LogP contribution in [0.25, 0.3) is 0 Å². The van der Waals surface area contributed by atoms with Gasteiger partial charge in [-0.05, 0) is 141 Å². The second-order valence-electron chi connectivity index (χ2n) is 18.3. The maximum absolute atomic E-state index is 13.3. The fourth-order valence-electron chi connectivity index (χ4n) is 11.9. The Balaban J connectivity index is 0.909. The number of hydrogen-bond acceptors (Lipinski definition) is 5. The minimum Gasteiger partial charge on any atom is -0.465 e. The number of hydrogen-bond donors (Lipinski definition) is 0. The number of rotatable bonds is 13. The van der Waals surface area contributed by atoms with Crippen molar-refractivity contribution >= 4 is 5.97 Å². The number of fused-ring (bicyclic) bond motifs is 6. The van der Waals surface area contributed by atoms with Crippen molar-refractivity contribution in [1.29, 1.82) is 0 Å². The number of esters is 1. The molecule has 7 rings (SSSR count). The molecule has 5 fully saturated rings. The summed E-state index contributed by atoms with van der Waals surface area (Å²) < 4.78 is 24.2. The molecule has 4 saturated carbocycles. The molecule has 6 aliphatic rings. The molecule has 1 aromatic carbocycles. The zero-order valence-corrected chi connectivity index (χ0v) is 31.6. The van der Waals surface area contributed by atoms with Crippen molar-refractivity contribution in [1.82, 2.24) is 0 Å². The summed E-state index contributed by atoms with van der Waals surface area (Å²) in [5.41, 5.74) is 2.94. The largest absolute Gasteiger partial charge is 0.465 e. The van der Waals surface area contributed by atoms with Crippen LogP contribution in [0.5, 0.6) is 5.75 Å². The van der Waals surface area contributed by atoms with Crippen LogP contribution < -0.4 is 4.74 Å². The van der Waals surface area contributed by atoms with Crippen molar-refractivity contribution in [2.24, 2.45) is 52.3 Å². The molecule has 12 atom stereocenters. The van der Waals surface area contributed by atoms with Gasteiger partial charge in [0.25, 0.3) is 0 Å². The summed E-state index contributed by atoms with van der Waals surface area (Å²) in [5, 5.41) is 0. The lowest BCUT2D eigenvalue weighted by Crippen LogP contribution is -2.51. The maximum Gasteiger partial charge on any atom is 0.338 e. The van der Waals surface area contributed by atoms with Crippen LogP contribution in [0.15, 0.2) is 35.9 Å². The summed E-state index contributed by atoms with van der Waals surface area (Å²) in [6.07, 6.45) is 21.5. The molecule has 5 nitrogen and oxygen atoms in total. The van der Waals surface area contributed by atoms with Gasteiger partial charge in [-0.25, -0.2) is 4.79 Å². The second-order valence-corrected chi connectivity index (χ2v) is 18.3. The second kappa shape index (κ2) is 14.6. The van der Waals surface area contributed by atoms with E-state index in [0.717, 1.165) is 79.8 Å². The Kier molecular flexibility index (Phi) is 10.6. The van der Waals surface area contributed by atoms with Gasteiger partial charge in [-0.3, -0.25) is 0 Å². The Morgan fingerprint density at radius 3 is 2.51 bits per heavy atom. The molecule has 1 heterocycles. The van der Waals surface area contributed by atoms with Gasteiger partial charge in [-0.2, -0.15) is 0 Å². The summed E-state index contributed by atoms with van der Waals surface area (Å²) in [5.74, 6) is 6.11. The predicted octanol–water partition coefficient (Wildman–Crippen LogP) is 11.0. The first-order valence-electron chi connectivity index (χ1n) is 20.5. The number of benzene rings is 1. The SMILES string of the molecule is CCC(OCC1CCC2OC2C1)Oc1ccc(C(=O)O[C@H]2CC[C@@]3(C)C(=CC[C@H]4[C@@H]5CC[C@H]([C@H](C)CCCC(C)C)[C@@]5(C)CC[C@@H]43)C2)cc1. The van der Waals surface area contributed by atoms with Gasteiger partial charge in [-0.15, -0.1) is 0 Å². The number of allylic oxidation sites excluding steroid dienone is 1. The van der Waals surface area contributed by atoms with E-state index < -0.39 is 0 Å². The van der Waals surface area contributed by atoms with E-state index in [0.29, 0.717) is 35.7 Å². The van der Waals surface area contributed by atoms with E-state index in [1.165, 1.54) is 57.8 Å². The maximum atomic E-state index is 13.3. The Morgan fingerprint density at radius 2 is 1.76 bits per heavy atom. The molecule has 272 valence electrons. The molecule has 1 saturated heterocycles. The Labute approximate surface area is 297 Å². The zero-order chi connectivity index (χ0) is 34.3. The molecule has 1 aliphatic heterocycles. The van der Waals surface area contributed by atoms with Gasteiger partial charge >= 0.3 is 5.97 Å². The smallest absolute Gasteiger partial charge is 0.338 e. The molecule has 1 aromatic rings. The first-order valence-corrected chi connectivity index (χ1v) is 20.5. The highest BCUT2D eigenvalue weighted by atomic mass is 16.7. The monoisotopic (exact) mass is 674 g/mol. The van der Waals surface area contributed by atoms with E-state index in [2.05, 4.69) is 47.6 Å². The van der Waals surface area contributed by atoms with Crippen LogP contribution in [0.1, 0.15) is 148 Å². The fraction of sp³-hybridized carbons (Fsp3) is 0.795. The molecule has 0 radical (unpaired) electrons. The van der Waals surface area contributed by atoms with Crippen LogP contribution in [0.3, 0.4) is 0 Å². The summed E-state index contributed by atoms with van der Waals surface area (Å²) in [4.78, 5) is 13.3. The minimum atomic E-state index is -0.285. The third-order valence-corrected chi connectivity index (χ3v) is 14.9. The van der Waals surface area contributed by atoms with Crippen molar-refractivity contribution in [2.45, 2.75) is 162 Å². The highest BCUT2D eigenvalue weighted by Crippen LogP contribution is 2.67. The molecule has 0 bridgehead atoms. The van der Waals surface area contributed by atoms with Gasteiger partial charge in [0.05, 0.1) is 24.4 Å². The molecule has 0 amide bonds. The predicted molar refractivity (Wildman–Crippen MR) is 195 cm³/mol. The van der Waals surface area contributed by atoms with Crippen LogP contribution in [0, 0.1) is 52.3 Å². The quantitative estimate of drug-likeness (QED) is 0.0902. The van der Waals surface area contributed by atoms with Crippen LogP contribution in [0.4, 0.5) is 0 Å². The lowest BCUT2D eigenvalue weighted by atomic mass is 9.47. The molecular formula is C44H66O5. The first kappa shape index (κ1) is 35.5. The molecule has 0 N–H and O–H groups in total. The Morgan fingerprint density at radius 1 is 0.939 bits per heavy atom. The van der Waals surface area contributed by atoms with Crippen LogP contribution >= 0.6 is 0 Å². The van der Waals surface area contributed by atoms with Crippen LogP contribution in [-0.2, 0) is 14.2 Å². The van der Waals surface area contributed by atoms with E-state index in [4.69, 9.17) is 18.9 Å².